The monoisotopic (exact) mass is 337 g/mol. The van der Waals surface area contributed by atoms with Crippen molar-refractivity contribution in [1.29, 1.82) is 0 Å². The van der Waals surface area contributed by atoms with Crippen LogP contribution in [0.25, 0.3) is 0 Å². The van der Waals surface area contributed by atoms with Gasteiger partial charge in [-0.2, -0.15) is 0 Å². The molecule has 0 aromatic heterocycles. The molecule has 1 aromatic rings. The molecule has 0 amide bonds. The SMILES string of the molecule is CC(=O)OCC[S+]([O-])C[C@H]1CN(C)CC[C@@H]1c1ccc(C)cc1. The molecule has 1 heterocycles. The molecule has 0 saturated carbocycles. The lowest BCUT2D eigenvalue weighted by molar-refractivity contribution is -0.140. The average molecular weight is 337 g/mol. The summed E-state index contributed by atoms with van der Waals surface area (Å²) < 4.78 is 17.2. The minimum absolute atomic E-state index is 0.250. The predicted molar refractivity (Wildman–Crippen MR) is 94.0 cm³/mol. The molecule has 1 aliphatic heterocycles. The van der Waals surface area contributed by atoms with E-state index < -0.39 is 11.2 Å². The van der Waals surface area contributed by atoms with Crippen molar-refractivity contribution in [3.8, 4) is 0 Å². The van der Waals surface area contributed by atoms with E-state index >= 15 is 0 Å². The predicted octanol–water partition coefficient (Wildman–Crippen LogP) is 2.34. The zero-order valence-corrected chi connectivity index (χ0v) is 15.1. The van der Waals surface area contributed by atoms with E-state index in [1.54, 1.807) is 0 Å². The summed E-state index contributed by atoms with van der Waals surface area (Å²) in [6, 6.07) is 8.73. The quantitative estimate of drug-likeness (QED) is 0.591. The largest absolute Gasteiger partial charge is 0.616 e. The number of aryl methyl sites for hydroxylation is 1. The normalized spacial score (nSPS) is 23.5. The number of nitrogens with zero attached hydrogens (tertiary/aromatic N) is 1. The van der Waals surface area contributed by atoms with E-state index in [-0.39, 0.29) is 12.6 Å². The Morgan fingerprint density at radius 2 is 2.09 bits per heavy atom. The van der Waals surface area contributed by atoms with Crippen LogP contribution in [0.2, 0.25) is 0 Å². The molecule has 0 radical (unpaired) electrons. The van der Waals surface area contributed by atoms with Crippen molar-refractivity contribution < 1.29 is 14.1 Å². The van der Waals surface area contributed by atoms with Gasteiger partial charge >= 0.3 is 5.97 Å². The molecule has 0 spiro atoms. The molecule has 1 unspecified atom stereocenters. The van der Waals surface area contributed by atoms with Crippen molar-refractivity contribution in [2.24, 2.45) is 5.92 Å². The smallest absolute Gasteiger partial charge is 0.302 e. The van der Waals surface area contributed by atoms with Crippen molar-refractivity contribution >= 4 is 17.1 Å². The number of esters is 1. The second-order valence-corrected chi connectivity index (χ2v) is 8.10. The zero-order valence-electron chi connectivity index (χ0n) is 14.3. The number of likely N-dealkylation sites (tertiary alicyclic amines) is 1. The van der Waals surface area contributed by atoms with Gasteiger partial charge < -0.3 is 14.2 Å². The van der Waals surface area contributed by atoms with E-state index in [2.05, 4.69) is 43.1 Å². The summed E-state index contributed by atoms with van der Waals surface area (Å²) in [5.41, 5.74) is 2.62. The molecule has 1 saturated heterocycles. The van der Waals surface area contributed by atoms with Crippen LogP contribution in [-0.2, 0) is 20.7 Å². The first-order valence-corrected chi connectivity index (χ1v) is 9.68. The lowest BCUT2D eigenvalue weighted by Crippen LogP contribution is -2.40. The second kappa shape index (κ2) is 8.71. The van der Waals surface area contributed by atoms with Crippen LogP contribution in [0.5, 0.6) is 0 Å². The summed E-state index contributed by atoms with van der Waals surface area (Å²) in [6.45, 7) is 5.78. The summed E-state index contributed by atoms with van der Waals surface area (Å²) >= 11 is -0.952. The Labute approximate surface area is 142 Å². The molecule has 1 aliphatic rings. The van der Waals surface area contributed by atoms with Crippen molar-refractivity contribution in [1.82, 2.24) is 4.90 Å². The molecule has 1 fully saturated rings. The average Bonchev–Trinajstić information content (AvgIpc) is 2.48. The number of benzene rings is 1. The van der Waals surface area contributed by atoms with E-state index in [0.717, 1.165) is 19.5 Å². The first kappa shape index (κ1) is 18.3. The van der Waals surface area contributed by atoms with Crippen LogP contribution in [0.1, 0.15) is 30.4 Å². The third kappa shape index (κ3) is 5.83. The lowest BCUT2D eigenvalue weighted by atomic mass is 9.81. The first-order chi connectivity index (χ1) is 11.0. The van der Waals surface area contributed by atoms with Gasteiger partial charge in [0.15, 0.2) is 0 Å². The van der Waals surface area contributed by atoms with Gasteiger partial charge in [-0.25, -0.2) is 0 Å². The highest BCUT2D eigenvalue weighted by atomic mass is 32.2. The van der Waals surface area contributed by atoms with Gasteiger partial charge in [-0.05, 0) is 49.6 Å². The molecule has 23 heavy (non-hydrogen) atoms. The maximum Gasteiger partial charge on any atom is 0.302 e. The highest BCUT2D eigenvalue weighted by Crippen LogP contribution is 2.33. The summed E-state index contributed by atoms with van der Waals surface area (Å²) in [4.78, 5) is 13.1. The molecule has 0 N–H and O–H groups in total. The summed E-state index contributed by atoms with van der Waals surface area (Å²) in [5.74, 6) is 1.64. The highest BCUT2D eigenvalue weighted by Gasteiger charge is 2.32. The number of rotatable bonds is 6. The number of ether oxygens (including phenoxy) is 1. The van der Waals surface area contributed by atoms with Gasteiger partial charge in [0.25, 0.3) is 0 Å². The van der Waals surface area contributed by atoms with Crippen LogP contribution in [0.15, 0.2) is 24.3 Å². The third-order valence-electron chi connectivity index (χ3n) is 4.46. The minimum atomic E-state index is -0.952. The molecule has 4 nitrogen and oxygen atoms in total. The Bertz CT molecular complexity index is 505. The van der Waals surface area contributed by atoms with Gasteiger partial charge in [0.05, 0.1) is 0 Å². The van der Waals surface area contributed by atoms with Gasteiger partial charge in [-0.3, -0.25) is 4.79 Å². The number of carbonyl (C=O) groups excluding carboxylic acids is 1. The number of piperidine rings is 1. The van der Waals surface area contributed by atoms with Crippen molar-refractivity contribution in [3.05, 3.63) is 35.4 Å². The number of hydrogen-bond acceptors (Lipinski definition) is 4. The lowest BCUT2D eigenvalue weighted by Gasteiger charge is -2.37. The molecule has 3 atom stereocenters. The maximum atomic E-state index is 12.3. The van der Waals surface area contributed by atoms with Crippen LogP contribution in [-0.4, -0.2) is 53.7 Å². The summed E-state index contributed by atoms with van der Waals surface area (Å²) in [6.07, 6.45) is 1.10. The summed E-state index contributed by atoms with van der Waals surface area (Å²) in [5, 5.41) is 0. The molecule has 5 heteroatoms. The number of hydrogen-bond donors (Lipinski definition) is 0. The van der Waals surface area contributed by atoms with Crippen LogP contribution in [0, 0.1) is 12.8 Å². The van der Waals surface area contributed by atoms with Crippen molar-refractivity contribution in [2.75, 3.05) is 38.2 Å². The minimum Gasteiger partial charge on any atom is -0.616 e. The fraction of sp³-hybridized carbons (Fsp3) is 0.611. The van der Waals surface area contributed by atoms with E-state index in [1.165, 1.54) is 18.1 Å². The molecular weight excluding hydrogens is 310 g/mol. The van der Waals surface area contributed by atoms with E-state index in [4.69, 9.17) is 4.74 Å². The molecule has 1 aromatic carbocycles. The molecule has 0 aliphatic carbocycles. The van der Waals surface area contributed by atoms with Gasteiger partial charge in [-0.1, -0.05) is 29.8 Å². The zero-order chi connectivity index (χ0) is 16.8. The molecule has 2 rings (SSSR count). The molecular formula is C18H27NO3S. The van der Waals surface area contributed by atoms with Crippen LogP contribution < -0.4 is 0 Å². The third-order valence-corrected chi connectivity index (χ3v) is 5.88. The first-order valence-electron chi connectivity index (χ1n) is 8.19. The van der Waals surface area contributed by atoms with Gasteiger partial charge in [0.1, 0.15) is 18.1 Å². The standard InChI is InChI=1S/C18H27NO3S/c1-14-4-6-16(7-5-14)18-8-9-19(3)12-17(18)13-23(21)11-10-22-15(2)20/h4-7,17-18H,8-13H2,1-3H3/t17-,18-,23?/m1/s1. The van der Waals surface area contributed by atoms with E-state index in [0.29, 0.717) is 23.3 Å². The topological polar surface area (TPSA) is 52.6 Å². The Morgan fingerprint density at radius 3 is 2.74 bits per heavy atom. The molecule has 128 valence electrons. The fourth-order valence-corrected chi connectivity index (χ4v) is 4.49. The Hall–Kier alpha value is -1.04. The van der Waals surface area contributed by atoms with Crippen molar-refractivity contribution in [2.45, 2.75) is 26.2 Å². The highest BCUT2D eigenvalue weighted by molar-refractivity contribution is 7.91. The Morgan fingerprint density at radius 1 is 1.39 bits per heavy atom. The van der Waals surface area contributed by atoms with Gasteiger partial charge in [0, 0.05) is 19.4 Å². The van der Waals surface area contributed by atoms with Crippen LogP contribution >= 0.6 is 0 Å². The number of carbonyl (C=O) groups is 1. The van der Waals surface area contributed by atoms with Crippen molar-refractivity contribution in [3.63, 3.8) is 0 Å². The second-order valence-electron chi connectivity index (χ2n) is 6.48. The summed E-state index contributed by atoms with van der Waals surface area (Å²) in [7, 11) is 2.13. The van der Waals surface area contributed by atoms with Gasteiger partial charge in [0.2, 0.25) is 0 Å². The van der Waals surface area contributed by atoms with E-state index in [1.807, 2.05) is 0 Å². The fourth-order valence-electron chi connectivity index (χ4n) is 3.24. The molecule has 0 bridgehead atoms. The Kier molecular flexibility index (Phi) is 6.93. The van der Waals surface area contributed by atoms with Crippen LogP contribution in [0.3, 0.4) is 0 Å². The van der Waals surface area contributed by atoms with E-state index in [9.17, 15) is 9.35 Å². The van der Waals surface area contributed by atoms with Gasteiger partial charge in [-0.15, -0.1) is 0 Å². The van der Waals surface area contributed by atoms with Crippen LogP contribution in [0.4, 0.5) is 0 Å². The maximum absolute atomic E-state index is 12.3. The Balaban J connectivity index is 1.97.